The zero-order valence-corrected chi connectivity index (χ0v) is 15.8. The van der Waals surface area contributed by atoms with E-state index in [1.54, 1.807) is 6.92 Å². The highest BCUT2D eigenvalue weighted by Crippen LogP contribution is 2.07. The van der Waals surface area contributed by atoms with E-state index in [4.69, 9.17) is 9.47 Å². The van der Waals surface area contributed by atoms with Gasteiger partial charge in [0.05, 0.1) is 6.61 Å². The van der Waals surface area contributed by atoms with Crippen molar-refractivity contribution in [2.45, 2.75) is 52.8 Å². The van der Waals surface area contributed by atoms with Crippen LogP contribution in [0.15, 0.2) is 30.3 Å². The third-order valence-electron chi connectivity index (χ3n) is 3.53. The van der Waals surface area contributed by atoms with Gasteiger partial charge in [0.2, 0.25) is 5.91 Å². The third-order valence-corrected chi connectivity index (χ3v) is 3.53. The van der Waals surface area contributed by atoms with E-state index in [2.05, 4.69) is 10.6 Å². The number of hydrogen-bond donors (Lipinski definition) is 2. The molecule has 1 rings (SSSR count). The van der Waals surface area contributed by atoms with Crippen molar-refractivity contribution in [2.24, 2.45) is 5.92 Å². The van der Waals surface area contributed by atoms with Crippen LogP contribution in [-0.2, 0) is 25.7 Å². The van der Waals surface area contributed by atoms with E-state index in [1.165, 1.54) is 6.92 Å². The van der Waals surface area contributed by atoms with Crippen molar-refractivity contribution < 1.29 is 23.9 Å². The average molecular weight is 364 g/mol. The van der Waals surface area contributed by atoms with Gasteiger partial charge in [-0.15, -0.1) is 0 Å². The lowest BCUT2D eigenvalue weighted by Gasteiger charge is -2.22. The summed E-state index contributed by atoms with van der Waals surface area (Å²) in [7, 11) is 0. The Balaban J connectivity index is 2.60. The molecule has 0 aliphatic rings. The van der Waals surface area contributed by atoms with Crippen LogP contribution in [0.2, 0.25) is 0 Å². The van der Waals surface area contributed by atoms with Gasteiger partial charge < -0.3 is 20.1 Å². The van der Waals surface area contributed by atoms with Crippen LogP contribution < -0.4 is 10.6 Å². The fourth-order valence-corrected chi connectivity index (χ4v) is 2.25. The minimum atomic E-state index is -0.796. The van der Waals surface area contributed by atoms with Crippen LogP contribution in [0.5, 0.6) is 0 Å². The molecule has 0 heterocycles. The summed E-state index contributed by atoms with van der Waals surface area (Å²) in [6.07, 6.45) is -0.264. The predicted molar refractivity (Wildman–Crippen MR) is 97.2 cm³/mol. The normalized spacial score (nSPS) is 12.8. The molecule has 0 aliphatic heterocycles. The Kier molecular flexibility index (Phi) is 9.19. The molecule has 0 bridgehead atoms. The molecule has 26 heavy (non-hydrogen) atoms. The van der Waals surface area contributed by atoms with Crippen LogP contribution in [0.4, 0.5) is 4.79 Å². The molecule has 2 atom stereocenters. The second kappa shape index (κ2) is 11.1. The van der Waals surface area contributed by atoms with Gasteiger partial charge in [-0.1, -0.05) is 44.2 Å². The molecule has 0 fully saturated rings. The number of benzene rings is 1. The van der Waals surface area contributed by atoms with Crippen molar-refractivity contribution >= 4 is 18.0 Å². The molecule has 0 radical (unpaired) electrons. The molecule has 0 aliphatic carbocycles. The van der Waals surface area contributed by atoms with Gasteiger partial charge in [-0.25, -0.2) is 9.59 Å². The first kappa shape index (κ1) is 21.5. The molecule has 7 heteroatoms. The van der Waals surface area contributed by atoms with Crippen molar-refractivity contribution in [1.82, 2.24) is 10.6 Å². The summed E-state index contributed by atoms with van der Waals surface area (Å²) in [4.78, 5) is 36.1. The summed E-state index contributed by atoms with van der Waals surface area (Å²) in [6, 6.07) is 7.66. The van der Waals surface area contributed by atoms with Crippen LogP contribution in [0.25, 0.3) is 0 Å². The van der Waals surface area contributed by atoms with E-state index in [-0.39, 0.29) is 19.1 Å². The molecular weight excluding hydrogens is 336 g/mol. The molecule has 0 aromatic heterocycles. The second-order valence-electron chi connectivity index (χ2n) is 6.37. The zero-order valence-electron chi connectivity index (χ0n) is 15.8. The lowest BCUT2D eigenvalue weighted by Crippen LogP contribution is -2.51. The first-order chi connectivity index (χ1) is 12.3. The van der Waals surface area contributed by atoms with Crippen molar-refractivity contribution in [3.05, 3.63) is 35.9 Å². The minimum Gasteiger partial charge on any atom is -0.464 e. The first-order valence-electron chi connectivity index (χ1n) is 8.77. The molecule has 2 amide bonds. The highest BCUT2D eigenvalue weighted by atomic mass is 16.5. The zero-order chi connectivity index (χ0) is 19.5. The molecule has 0 unspecified atom stereocenters. The van der Waals surface area contributed by atoms with E-state index < -0.39 is 30.1 Å². The van der Waals surface area contributed by atoms with Crippen LogP contribution >= 0.6 is 0 Å². The highest BCUT2D eigenvalue weighted by Gasteiger charge is 2.26. The Morgan fingerprint density at radius 1 is 1.00 bits per heavy atom. The predicted octanol–water partition coefficient (Wildman–Crippen LogP) is 2.40. The smallest absolute Gasteiger partial charge is 0.408 e. The maximum atomic E-state index is 12.4. The van der Waals surface area contributed by atoms with E-state index in [1.807, 2.05) is 44.2 Å². The van der Waals surface area contributed by atoms with Crippen LogP contribution in [-0.4, -0.2) is 36.7 Å². The van der Waals surface area contributed by atoms with Gasteiger partial charge in [0.15, 0.2) is 0 Å². The van der Waals surface area contributed by atoms with Crippen molar-refractivity contribution in [3.8, 4) is 0 Å². The maximum absolute atomic E-state index is 12.4. The van der Waals surface area contributed by atoms with Crippen molar-refractivity contribution in [2.75, 3.05) is 6.61 Å². The fourth-order valence-electron chi connectivity index (χ4n) is 2.25. The van der Waals surface area contributed by atoms with E-state index in [0.717, 1.165) is 5.56 Å². The Morgan fingerprint density at radius 3 is 2.23 bits per heavy atom. The van der Waals surface area contributed by atoms with E-state index in [0.29, 0.717) is 6.42 Å². The number of carbonyl (C=O) groups excluding carboxylic acids is 3. The molecule has 0 spiro atoms. The van der Waals surface area contributed by atoms with Gasteiger partial charge in [-0.2, -0.15) is 0 Å². The topological polar surface area (TPSA) is 93.7 Å². The summed E-state index contributed by atoms with van der Waals surface area (Å²) in [6.45, 7) is 7.45. The summed E-state index contributed by atoms with van der Waals surface area (Å²) in [5.74, 6) is -0.801. The van der Waals surface area contributed by atoms with Crippen molar-refractivity contribution in [1.29, 1.82) is 0 Å². The quantitative estimate of drug-likeness (QED) is 0.656. The largest absolute Gasteiger partial charge is 0.464 e. The molecule has 7 nitrogen and oxygen atoms in total. The number of ether oxygens (including phenoxy) is 2. The van der Waals surface area contributed by atoms with Gasteiger partial charge in [0.25, 0.3) is 0 Å². The fraction of sp³-hybridized carbons (Fsp3) is 0.526. The maximum Gasteiger partial charge on any atom is 0.408 e. The Bertz CT molecular complexity index is 589. The van der Waals surface area contributed by atoms with E-state index >= 15 is 0 Å². The lowest BCUT2D eigenvalue weighted by molar-refractivity contribution is -0.147. The minimum absolute atomic E-state index is 0.113. The van der Waals surface area contributed by atoms with E-state index in [9.17, 15) is 14.4 Å². The first-order valence-corrected chi connectivity index (χ1v) is 8.77. The Hall–Kier alpha value is -2.57. The molecule has 144 valence electrons. The second-order valence-corrected chi connectivity index (χ2v) is 6.37. The number of alkyl carbamates (subject to hydrolysis) is 1. The highest BCUT2D eigenvalue weighted by molar-refractivity contribution is 5.89. The van der Waals surface area contributed by atoms with Gasteiger partial charge in [0.1, 0.15) is 18.7 Å². The number of esters is 1. The summed E-state index contributed by atoms with van der Waals surface area (Å²) in [5.41, 5.74) is 0.850. The van der Waals surface area contributed by atoms with Crippen LogP contribution in [0.1, 0.15) is 39.7 Å². The molecular formula is C19H28N2O5. The van der Waals surface area contributed by atoms with Crippen LogP contribution in [0.3, 0.4) is 0 Å². The molecule has 1 aromatic carbocycles. The van der Waals surface area contributed by atoms with Gasteiger partial charge in [-0.3, -0.25) is 4.79 Å². The SMILES string of the molecule is CCOC(=O)[C@H](C)NC(=O)[C@@H](CC(C)C)NC(=O)OCc1ccccc1. The summed E-state index contributed by atoms with van der Waals surface area (Å²) < 4.78 is 10.0. The Morgan fingerprint density at radius 2 is 1.65 bits per heavy atom. The molecule has 2 N–H and O–H groups in total. The van der Waals surface area contributed by atoms with Gasteiger partial charge >= 0.3 is 12.1 Å². The molecule has 0 saturated carbocycles. The molecule has 0 saturated heterocycles. The third kappa shape index (κ3) is 8.00. The average Bonchev–Trinajstić information content (AvgIpc) is 2.60. The van der Waals surface area contributed by atoms with Crippen LogP contribution in [0, 0.1) is 5.92 Å². The number of rotatable bonds is 9. The lowest BCUT2D eigenvalue weighted by atomic mass is 10.0. The number of hydrogen-bond acceptors (Lipinski definition) is 5. The standard InChI is InChI=1S/C19H28N2O5/c1-5-25-18(23)14(4)20-17(22)16(11-13(2)3)21-19(24)26-12-15-9-7-6-8-10-15/h6-10,13-14,16H,5,11-12H2,1-4H3,(H,20,22)(H,21,24)/t14-,16+/m0/s1. The van der Waals surface area contributed by atoms with Gasteiger partial charge in [-0.05, 0) is 31.7 Å². The van der Waals surface area contributed by atoms with Crippen molar-refractivity contribution in [3.63, 3.8) is 0 Å². The number of nitrogens with one attached hydrogen (secondary N) is 2. The number of carbonyl (C=O) groups is 3. The Labute approximate surface area is 154 Å². The monoisotopic (exact) mass is 364 g/mol. The summed E-state index contributed by atoms with van der Waals surface area (Å²) in [5, 5.41) is 5.13. The molecule has 1 aromatic rings. The number of amides is 2. The van der Waals surface area contributed by atoms with Gasteiger partial charge in [0, 0.05) is 0 Å². The summed E-state index contributed by atoms with van der Waals surface area (Å²) >= 11 is 0.